The number of rotatable bonds is 4. The van der Waals surface area contributed by atoms with E-state index in [4.69, 9.17) is 0 Å². The number of aliphatic hydroxyl groups is 1. The smallest absolute Gasteiger partial charge is 0.322 e. The van der Waals surface area contributed by atoms with Gasteiger partial charge in [0.2, 0.25) is 0 Å². The largest absolute Gasteiger partial charge is 0.395 e. The van der Waals surface area contributed by atoms with Crippen LogP contribution >= 0.6 is 0 Å². The van der Waals surface area contributed by atoms with Gasteiger partial charge in [-0.3, -0.25) is 0 Å². The van der Waals surface area contributed by atoms with Gasteiger partial charge in [0.05, 0.1) is 12.6 Å². The van der Waals surface area contributed by atoms with Crippen LogP contribution in [0.15, 0.2) is 48.5 Å². The number of nitrogens with one attached hydrogen (secondary N) is 2. The second-order valence-corrected chi connectivity index (χ2v) is 7.21. The number of hydrogen-bond donors (Lipinski definition) is 3. The molecule has 0 spiro atoms. The SMILES string of the molecule is Cc1cc2cc(NC(=O)N(CCO)C3CCCc4ccccc43)ccc2[nH]1. The molecule has 5 nitrogen and oxygen atoms in total. The van der Waals surface area contributed by atoms with Gasteiger partial charge in [-0.1, -0.05) is 24.3 Å². The molecule has 5 heteroatoms. The molecule has 27 heavy (non-hydrogen) atoms. The first kappa shape index (κ1) is 17.6. The molecule has 1 aromatic heterocycles. The minimum atomic E-state index is -0.169. The van der Waals surface area contributed by atoms with Gasteiger partial charge in [-0.15, -0.1) is 0 Å². The summed E-state index contributed by atoms with van der Waals surface area (Å²) in [5.41, 5.74) is 5.41. The number of carbonyl (C=O) groups is 1. The van der Waals surface area contributed by atoms with E-state index in [1.54, 1.807) is 4.90 Å². The number of aromatic amines is 1. The molecule has 1 atom stereocenters. The molecule has 0 bridgehead atoms. The fourth-order valence-corrected chi connectivity index (χ4v) is 4.11. The zero-order chi connectivity index (χ0) is 18.8. The van der Waals surface area contributed by atoms with Crippen LogP contribution < -0.4 is 5.32 Å². The minimum absolute atomic E-state index is 0.000309. The van der Waals surface area contributed by atoms with Crippen LogP contribution in [0.2, 0.25) is 0 Å². The lowest BCUT2D eigenvalue weighted by atomic mass is 9.87. The normalized spacial score (nSPS) is 16.1. The number of hydrogen-bond acceptors (Lipinski definition) is 2. The second kappa shape index (κ2) is 7.45. The van der Waals surface area contributed by atoms with Crippen molar-refractivity contribution in [3.63, 3.8) is 0 Å². The van der Waals surface area contributed by atoms with Gasteiger partial charge in [0.15, 0.2) is 0 Å². The molecule has 1 unspecified atom stereocenters. The summed E-state index contributed by atoms with van der Waals surface area (Å²) in [5, 5.41) is 13.6. The lowest BCUT2D eigenvalue weighted by Gasteiger charge is -2.35. The Kier molecular flexibility index (Phi) is 4.86. The molecule has 1 aliphatic carbocycles. The van der Waals surface area contributed by atoms with Gasteiger partial charge < -0.3 is 20.3 Å². The third kappa shape index (κ3) is 3.55. The molecule has 3 aromatic rings. The molecule has 0 radical (unpaired) electrons. The molecule has 2 amide bonds. The summed E-state index contributed by atoms with van der Waals surface area (Å²) in [6.45, 7) is 2.28. The molecule has 4 rings (SSSR count). The van der Waals surface area contributed by atoms with Gasteiger partial charge in [0, 0.05) is 28.8 Å². The predicted molar refractivity (Wildman–Crippen MR) is 108 cm³/mol. The third-order valence-electron chi connectivity index (χ3n) is 5.32. The summed E-state index contributed by atoms with van der Waals surface area (Å²) in [5.74, 6) is 0. The molecule has 1 heterocycles. The van der Waals surface area contributed by atoms with Gasteiger partial charge in [-0.2, -0.15) is 0 Å². The fraction of sp³-hybridized carbons (Fsp3) is 0.318. The van der Waals surface area contributed by atoms with E-state index >= 15 is 0 Å². The van der Waals surface area contributed by atoms with Crippen molar-refractivity contribution in [2.75, 3.05) is 18.5 Å². The summed E-state index contributed by atoms with van der Waals surface area (Å²) in [4.78, 5) is 18.1. The highest BCUT2D eigenvalue weighted by Crippen LogP contribution is 2.34. The van der Waals surface area contributed by atoms with Crippen molar-refractivity contribution in [2.45, 2.75) is 32.2 Å². The Morgan fingerprint density at radius 1 is 1.26 bits per heavy atom. The molecule has 0 saturated carbocycles. The molecule has 0 saturated heterocycles. The summed E-state index contributed by atoms with van der Waals surface area (Å²) >= 11 is 0. The van der Waals surface area contributed by atoms with Crippen LogP contribution in [0.1, 0.15) is 35.7 Å². The van der Waals surface area contributed by atoms with Crippen LogP contribution in [0, 0.1) is 6.92 Å². The maximum atomic E-state index is 13.0. The predicted octanol–water partition coefficient (Wildman–Crippen LogP) is 4.38. The minimum Gasteiger partial charge on any atom is -0.395 e. The first-order chi connectivity index (χ1) is 13.2. The topological polar surface area (TPSA) is 68.4 Å². The molecule has 2 aromatic carbocycles. The number of urea groups is 1. The van der Waals surface area contributed by atoms with Gasteiger partial charge >= 0.3 is 6.03 Å². The number of benzene rings is 2. The van der Waals surface area contributed by atoms with Crippen LogP contribution in [0.5, 0.6) is 0 Å². The third-order valence-corrected chi connectivity index (χ3v) is 5.32. The number of amides is 2. The number of aryl methyl sites for hydroxylation is 2. The Balaban J connectivity index is 1.59. The van der Waals surface area contributed by atoms with E-state index in [2.05, 4.69) is 28.5 Å². The number of aromatic nitrogens is 1. The van der Waals surface area contributed by atoms with Crippen molar-refractivity contribution < 1.29 is 9.90 Å². The van der Waals surface area contributed by atoms with Crippen LogP contribution in [0.4, 0.5) is 10.5 Å². The maximum absolute atomic E-state index is 13.0. The number of aliphatic hydroxyl groups excluding tert-OH is 1. The number of anilines is 1. The van der Waals surface area contributed by atoms with Crippen molar-refractivity contribution >= 4 is 22.6 Å². The van der Waals surface area contributed by atoms with Crippen molar-refractivity contribution in [1.29, 1.82) is 0 Å². The Labute approximate surface area is 159 Å². The Morgan fingerprint density at radius 3 is 2.96 bits per heavy atom. The van der Waals surface area contributed by atoms with Crippen molar-refractivity contribution in [3.8, 4) is 0 Å². The average Bonchev–Trinajstić information content (AvgIpc) is 3.05. The summed E-state index contributed by atoms with van der Waals surface area (Å²) in [6.07, 6.45) is 3.01. The van der Waals surface area contributed by atoms with E-state index in [0.29, 0.717) is 6.54 Å². The van der Waals surface area contributed by atoms with Crippen LogP contribution in [-0.4, -0.2) is 34.2 Å². The van der Waals surface area contributed by atoms with Gasteiger partial charge in [0.25, 0.3) is 0 Å². The summed E-state index contributed by atoms with van der Waals surface area (Å²) in [6, 6.07) is 16.1. The quantitative estimate of drug-likeness (QED) is 0.644. The van der Waals surface area contributed by atoms with Crippen molar-refractivity contribution in [2.24, 2.45) is 0 Å². The van der Waals surface area contributed by atoms with Crippen molar-refractivity contribution in [3.05, 3.63) is 65.4 Å². The van der Waals surface area contributed by atoms with Crippen molar-refractivity contribution in [1.82, 2.24) is 9.88 Å². The summed E-state index contributed by atoms with van der Waals surface area (Å²) < 4.78 is 0. The Bertz CT molecular complexity index is 963. The monoisotopic (exact) mass is 363 g/mol. The average molecular weight is 363 g/mol. The highest BCUT2D eigenvalue weighted by Gasteiger charge is 2.28. The lowest BCUT2D eigenvalue weighted by Crippen LogP contribution is -2.41. The van der Waals surface area contributed by atoms with E-state index in [1.165, 1.54) is 11.1 Å². The molecule has 3 N–H and O–H groups in total. The highest BCUT2D eigenvalue weighted by molar-refractivity contribution is 5.93. The van der Waals surface area contributed by atoms with E-state index in [9.17, 15) is 9.90 Å². The van der Waals surface area contributed by atoms with Gasteiger partial charge in [0.1, 0.15) is 0 Å². The Hall–Kier alpha value is -2.79. The highest BCUT2D eigenvalue weighted by atomic mass is 16.3. The number of H-pyrrole nitrogens is 1. The molecule has 0 aliphatic heterocycles. The number of nitrogens with zero attached hydrogens (tertiary/aromatic N) is 1. The van der Waals surface area contributed by atoms with Crippen LogP contribution in [0.25, 0.3) is 10.9 Å². The zero-order valence-electron chi connectivity index (χ0n) is 15.5. The second-order valence-electron chi connectivity index (χ2n) is 7.21. The van der Waals surface area contributed by atoms with E-state index in [-0.39, 0.29) is 18.7 Å². The first-order valence-electron chi connectivity index (χ1n) is 9.51. The lowest BCUT2D eigenvalue weighted by molar-refractivity contribution is 0.155. The van der Waals surface area contributed by atoms with Crippen LogP contribution in [0.3, 0.4) is 0 Å². The van der Waals surface area contributed by atoms with E-state index in [0.717, 1.165) is 41.5 Å². The molecule has 1 aliphatic rings. The first-order valence-corrected chi connectivity index (χ1v) is 9.51. The maximum Gasteiger partial charge on any atom is 0.322 e. The fourth-order valence-electron chi connectivity index (χ4n) is 4.11. The molecule has 0 fully saturated rings. The van der Waals surface area contributed by atoms with Crippen LogP contribution in [-0.2, 0) is 6.42 Å². The van der Waals surface area contributed by atoms with Gasteiger partial charge in [-0.05, 0) is 61.6 Å². The number of fused-ring (bicyclic) bond motifs is 2. The summed E-state index contributed by atoms with van der Waals surface area (Å²) in [7, 11) is 0. The van der Waals surface area contributed by atoms with E-state index < -0.39 is 0 Å². The Morgan fingerprint density at radius 2 is 2.11 bits per heavy atom. The standard InChI is InChI=1S/C22H25N3O2/c1-15-13-17-14-18(9-10-20(17)23-15)24-22(27)25(11-12-26)21-8-4-6-16-5-2-3-7-19(16)21/h2-3,5,7,9-10,13-14,21,23,26H,4,6,8,11-12H2,1H3,(H,24,27). The number of carbonyl (C=O) groups excluding carboxylic acids is 1. The molecule has 140 valence electrons. The molecular formula is C22H25N3O2. The van der Waals surface area contributed by atoms with Gasteiger partial charge in [-0.25, -0.2) is 4.79 Å². The van der Waals surface area contributed by atoms with E-state index in [1.807, 2.05) is 37.3 Å². The molecular weight excluding hydrogens is 338 g/mol. The zero-order valence-corrected chi connectivity index (χ0v) is 15.5.